The van der Waals surface area contributed by atoms with Crippen LogP contribution in [0, 0.1) is 5.92 Å². The van der Waals surface area contributed by atoms with E-state index >= 15 is 0 Å². The Morgan fingerprint density at radius 3 is 2.09 bits per heavy atom. The summed E-state index contributed by atoms with van der Waals surface area (Å²) < 4.78 is 5.33. The van der Waals surface area contributed by atoms with Gasteiger partial charge in [-0.25, -0.2) is 4.79 Å². The molecule has 4 heteroatoms. The number of benzene rings is 2. The molecule has 2 aromatic carbocycles. The normalized spacial score (nSPS) is 11.8. The zero-order valence-corrected chi connectivity index (χ0v) is 13.4. The van der Waals surface area contributed by atoms with Crippen LogP contribution in [0.2, 0.25) is 0 Å². The second kappa shape index (κ2) is 8.13. The fourth-order valence-electron chi connectivity index (χ4n) is 2.13. The summed E-state index contributed by atoms with van der Waals surface area (Å²) in [7, 11) is 0. The third-order valence-corrected chi connectivity index (χ3v) is 3.47. The second-order valence-corrected chi connectivity index (χ2v) is 5.65. The van der Waals surface area contributed by atoms with Crippen LogP contribution in [0.1, 0.15) is 29.8 Å². The Hall–Kier alpha value is -2.62. The highest BCUT2D eigenvalue weighted by atomic mass is 16.5. The Kier molecular flexibility index (Phi) is 5.92. The van der Waals surface area contributed by atoms with Gasteiger partial charge in [0.25, 0.3) is 5.91 Å². The fraction of sp³-hybridized carbons (Fsp3) is 0.263. The molecule has 0 heterocycles. The van der Waals surface area contributed by atoms with Crippen molar-refractivity contribution in [1.29, 1.82) is 0 Å². The zero-order valence-electron chi connectivity index (χ0n) is 13.4. The first kappa shape index (κ1) is 16.7. The van der Waals surface area contributed by atoms with Crippen LogP contribution in [0.15, 0.2) is 60.7 Å². The van der Waals surface area contributed by atoms with Crippen LogP contribution in [0.25, 0.3) is 0 Å². The minimum Gasteiger partial charge on any atom is -0.459 e. The number of hydrogen-bond donors (Lipinski definition) is 1. The summed E-state index contributed by atoms with van der Waals surface area (Å²) in [6.45, 7) is 3.95. The molecule has 1 atom stereocenters. The van der Waals surface area contributed by atoms with Crippen molar-refractivity contribution in [3.63, 3.8) is 0 Å². The standard InChI is InChI=1S/C19H21NO3/c1-14(2)17(20-18(21)16-11-7-4-8-12-16)19(22)23-13-15-9-5-3-6-10-15/h3-12,14,17H,13H2,1-2H3,(H,20,21)/t17-/m0/s1. The Balaban J connectivity index is 1.97. The van der Waals surface area contributed by atoms with Gasteiger partial charge in [-0.3, -0.25) is 4.79 Å². The van der Waals surface area contributed by atoms with Crippen molar-refractivity contribution in [2.24, 2.45) is 5.92 Å². The molecule has 0 aliphatic carbocycles. The average Bonchev–Trinajstić information content (AvgIpc) is 2.58. The molecular weight excluding hydrogens is 290 g/mol. The van der Waals surface area contributed by atoms with Crippen LogP contribution >= 0.6 is 0 Å². The van der Waals surface area contributed by atoms with Crippen LogP contribution in [-0.2, 0) is 16.1 Å². The van der Waals surface area contributed by atoms with Crippen LogP contribution in [-0.4, -0.2) is 17.9 Å². The third-order valence-electron chi connectivity index (χ3n) is 3.47. The molecule has 0 bridgehead atoms. The number of nitrogens with one attached hydrogen (secondary N) is 1. The molecule has 0 aliphatic rings. The van der Waals surface area contributed by atoms with Crippen molar-refractivity contribution in [3.8, 4) is 0 Å². The van der Waals surface area contributed by atoms with Crippen molar-refractivity contribution in [2.75, 3.05) is 0 Å². The van der Waals surface area contributed by atoms with Gasteiger partial charge in [0.05, 0.1) is 0 Å². The molecule has 120 valence electrons. The maximum Gasteiger partial charge on any atom is 0.329 e. The van der Waals surface area contributed by atoms with Gasteiger partial charge in [-0.15, -0.1) is 0 Å². The molecule has 2 rings (SSSR count). The van der Waals surface area contributed by atoms with Crippen molar-refractivity contribution >= 4 is 11.9 Å². The molecule has 23 heavy (non-hydrogen) atoms. The SMILES string of the molecule is CC(C)[C@H](NC(=O)c1ccccc1)C(=O)OCc1ccccc1. The Morgan fingerprint density at radius 1 is 0.957 bits per heavy atom. The van der Waals surface area contributed by atoms with Crippen LogP contribution in [0.5, 0.6) is 0 Å². The number of ether oxygens (including phenoxy) is 1. The van der Waals surface area contributed by atoms with E-state index in [9.17, 15) is 9.59 Å². The number of rotatable bonds is 6. The lowest BCUT2D eigenvalue weighted by Gasteiger charge is -2.21. The van der Waals surface area contributed by atoms with Gasteiger partial charge in [-0.2, -0.15) is 0 Å². The Labute approximate surface area is 136 Å². The van der Waals surface area contributed by atoms with E-state index in [1.807, 2.05) is 50.2 Å². The first-order chi connectivity index (χ1) is 11.1. The minimum atomic E-state index is -0.675. The molecule has 0 saturated carbocycles. The molecule has 0 aromatic heterocycles. The van der Waals surface area contributed by atoms with E-state index in [0.29, 0.717) is 5.56 Å². The molecule has 0 unspecified atom stereocenters. The van der Waals surface area contributed by atoms with E-state index < -0.39 is 12.0 Å². The maximum atomic E-state index is 12.3. The van der Waals surface area contributed by atoms with Gasteiger partial charge in [-0.1, -0.05) is 62.4 Å². The lowest BCUT2D eigenvalue weighted by molar-refractivity contribution is -0.148. The number of esters is 1. The monoisotopic (exact) mass is 311 g/mol. The van der Waals surface area contributed by atoms with Gasteiger partial charge >= 0.3 is 5.97 Å². The topological polar surface area (TPSA) is 55.4 Å². The molecule has 1 N–H and O–H groups in total. The summed E-state index contributed by atoms with van der Waals surface area (Å²) >= 11 is 0. The smallest absolute Gasteiger partial charge is 0.329 e. The van der Waals surface area contributed by atoms with Crippen LogP contribution in [0.3, 0.4) is 0 Å². The van der Waals surface area contributed by atoms with E-state index in [2.05, 4.69) is 5.32 Å². The summed E-state index contributed by atoms with van der Waals surface area (Å²) in [5, 5.41) is 2.76. The molecular formula is C19H21NO3. The van der Waals surface area contributed by atoms with Crippen molar-refractivity contribution in [2.45, 2.75) is 26.5 Å². The van der Waals surface area contributed by atoms with E-state index in [0.717, 1.165) is 5.56 Å². The molecule has 0 radical (unpaired) electrons. The van der Waals surface area contributed by atoms with Gasteiger partial charge < -0.3 is 10.1 Å². The van der Waals surface area contributed by atoms with Crippen molar-refractivity contribution < 1.29 is 14.3 Å². The van der Waals surface area contributed by atoms with Gasteiger partial charge in [0, 0.05) is 5.56 Å². The number of carbonyl (C=O) groups excluding carboxylic acids is 2. The Morgan fingerprint density at radius 2 is 1.52 bits per heavy atom. The van der Waals surface area contributed by atoms with Gasteiger partial charge in [0.1, 0.15) is 12.6 Å². The third kappa shape index (κ3) is 4.95. The number of hydrogen-bond acceptors (Lipinski definition) is 3. The maximum absolute atomic E-state index is 12.3. The first-order valence-electron chi connectivity index (χ1n) is 7.64. The lowest BCUT2D eigenvalue weighted by Crippen LogP contribution is -2.45. The van der Waals surface area contributed by atoms with Gasteiger partial charge in [-0.05, 0) is 23.6 Å². The van der Waals surface area contributed by atoms with E-state index in [-0.39, 0.29) is 18.4 Å². The molecule has 2 aromatic rings. The summed E-state index contributed by atoms with van der Waals surface area (Å²) in [6.07, 6.45) is 0. The highest BCUT2D eigenvalue weighted by Gasteiger charge is 2.26. The number of amides is 1. The molecule has 0 spiro atoms. The molecule has 0 aliphatic heterocycles. The average molecular weight is 311 g/mol. The molecule has 0 saturated heterocycles. The summed E-state index contributed by atoms with van der Waals surface area (Å²) in [6, 6.07) is 17.6. The summed E-state index contributed by atoms with van der Waals surface area (Å²) in [5.74, 6) is -0.764. The van der Waals surface area contributed by atoms with E-state index in [1.54, 1.807) is 24.3 Å². The highest BCUT2D eigenvalue weighted by Crippen LogP contribution is 2.09. The lowest BCUT2D eigenvalue weighted by atomic mass is 10.0. The molecule has 4 nitrogen and oxygen atoms in total. The summed E-state index contributed by atoms with van der Waals surface area (Å²) in [4.78, 5) is 24.5. The minimum absolute atomic E-state index is 0.0639. The molecule has 0 fully saturated rings. The summed E-state index contributed by atoms with van der Waals surface area (Å²) in [5.41, 5.74) is 1.44. The number of carbonyl (C=O) groups is 2. The zero-order chi connectivity index (χ0) is 16.7. The van der Waals surface area contributed by atoms with Crippen molar-refractivity contribution in [3.05, 3.63) is 71.8 Å². The fourth-order valence-corrected chi connectivity index (χ4v) is 2.13. The predicted octanol–water partition coefficient (Wildman–Crippen LogP) is 3.18. The van der Waals surface area contributed by atoms with E-state index in [4.69, 9.17) is 4.74 Å². The quantitative estimate of drug-likeness (QED) is 0.834. The predicted molar refractivity (Wildman–Crippen MR) is 88.8 cm³/mol. The first-order valence-corrected chi connectivity index (χ1v) is 7.64. The largest absolute Gasteiger partial charge is 0.459 e. The van der Waals surface area contributed by atoms with Gasteiger partial charge in [0.15, 0.2) is 0 Å². The molecule has 1 amide bonds. The van der Waals surface area contributed by atoms with Crippen molar-refractivity contribution in [1.82, 2.24) is 5.32 Å². The second-order valence-electron chi connectivity index (χ2n) is 5.65. The Bertz CT molecular complexity index is 638. The highest BCUT2D eigenvalue weighted by molar-refractivity contribution is 5.96. The van der Waals surface area contributed by atoms with Crippen LogP contribution in [0.4, 0.5) is 0 Å². The van der Waals surface area contributed by atoms with E-state index in [1.165, 1.54) is 0 Å². The van der Waals surface area contributed by atoms with Crippen LogP contribution < -0.4 is 5.32 Å². The van der Waals surface area contributed by atoms with Gasteiger partial charge in [0.2, 0.25) is 0 Å².